The van der Waals surface area contributed by atoms with Crippen molar-refractivity contribution in [3.8, 4) is 0 Å². The van der Waals surface area contributed by atoms with E-state index in [1.807, 2.05) is 12.1 Å². The number of aromatic nitrogens is 1. The van der Waals surface area contributed by atoms with Crippen molar-refractivity contribution in [1.82, 2.24) is 4.98 Å². The van der Waals surface area contributed by atoms with Crippen molar-refractivity contribution in [3.63, 3.8) is 0 Å². The van der Waals surface area contributed by atoms with Gasteiger partial charge in [-0.05, 0) is 30.7 Å². The number of carbonyl (C=O) groups is 1. The van der Waals surface area contributed by atoms with E-state index in [1.165, 1.54) is 6.08 Å². The van der Waals surface area contributed by atoms with Crippen LogP contribution in [-0.2, 0) is 16.1 Å². The SMILES string of the molecule is Cc1cnc(COC(=O)/C=C/c2ccc(Cl)cc2)o1. The van der Waals surface area contributed by atoms with E-state index in [4.69, 9.17) is 20.8 Å². The van der Waals surface area contributed by atoms with E-state index in [2.05, 4.69) is 4.98 Å². The summed E-state index contributed by atoms with van der Waals surface area (Å²) in [7, 11) is 0. The van der Waals surface area contributed by atoms with Crippen molar-refractivity contribution in [1.29, 1.82) is 0 Å². The van der Waals surface area contributed by atoms with Crippen molar-refractivity contribution in [2.24, 2.45) is 0 Å². The molecule has 0 saturated carbocycles. The summed E-state index contributed by atoms with van der Waals surface area (Å²) in [5, 5.41) is 0.652. The summed E-state index contributed by atoms with van der Waals surface area (Å²) in [6.07, 6.45) is 4.57. The number of hydrogen-bond acceptors (Lipinski definition) is 4. The fraction of sp³-hybridized carbons (Fsp3) is 0.143. The predicted octanol–water partition coefficient (Wildman–Crippen LogP) is 3.39. The molecule has 0 radical (unpaired) electrons. The molecular weight excluding hydrogens is 266 g/mol. The van der Waals surface area contributed by atoms with E-state index < -0.39 is 5.97 Å². The minimum Gasteiger partial charge on any atom is -0.453 e. The number of oxazole rings is 1. The van der Waals surface area contributed by atoms with Gasteiger partial charge in [0.25, 0.3) is 0 Å². The summed E-state index contributed by atoms with van der Waals surface area (Å²) in [4.78, 5) is 15.4. The monoisotopic (exact) mass is 277 g/mol. The zero-order chi connectivity index (χ0) is 13.7. The van der Waals surface area contributed by atoms with Crippen LogP contribution in [0.4, 0.5) is 0 Å². The second-order valence-electron chi connectivity index (χ2n) is 3.86. The van der Waals surface area contributed by atoms with Crippen LogP contribution in [0.3, 0.4) is 0 Å². The highest BCUT2D eigenvalue weighted by Crippen LogP contribution is 2.10. The quantitative estimate of drug-likeness (QED) is 0.635. The zero-order valence-corrected chi connectivity index (χ0v) is 11.1. The van der Waals surface area contributed by atoms with Crippen LogP contribution in [0.25, 0.3) is 6.08 Å². The first-order chi connectivity index (χ1) is 9.13. The van der Waals surface area contributed by atoms with Crippen LogP contribution in [-0.4, -0.2) is 11.0 Å². The molecule has 0 aliphatic carbocycles. The molecule has 0 spiro atoms. The van der Waals surface area contributed by atoms with Gasteiger partial charge in [0, 0.05) is 11.1 Å². The highest BCUT2D eigenvalue weighted by molar-refractivity contribution is 6.30. The minimum atomic E-state index is -0.453. The van der Waals surface area contributed by atoms with Crippen LogP contribution in [0.2, 0.25) is 5.02 Å². The van der Waals surface area contributed by atoms with E-state index in [9.17, 15) is 4.79 Å². The Balaban J connectivity index is 1.85. The minimum absolute atomic E-state index is 0.0254. The number of esters is 1. The number of ether oxygens (including phenoxy) is 1. The van der Waals surface area contributed by atoms with Crippen molar-refractivity contribution in [3.05, 3.63) is 58.8 Å². The highest BCUT2D eigenvalue weighted by Gasteiger charge is 2.03. The maximum atomic E-state index is 11.5. The fourth-order valence-corrected chi connectivity index (χ4v) is 1.51. The average molecular weight is 278 g/mol. The van der Waals surface area contributed by atoms with Crippen LogP contribution in [0.15, 0.2) is 41.0 Å². The van der Waals surface area contributed by atoms with Gasteiger partial charge < -0.3 is 9.15 Å². The molecule has 0 unspecified atom stereocenters. The number of aryl methyl sites for hydroxylation is 1. The molecule has 98 valence electrons. The van der Waals surface area contributed by atoms with Crippen LogP contribution in [0.1, 0.15) is 17.2 Å². The number of hydrogen-bond donors (Lipinski definition) is 0. The predicted molar refractivity (Wildman–Crippen MR) is 71.5 cm³/mol. The second kappa shape index (κ2) is 6.20. The van der Waals surface area contributed by atoms with Gasteiger partial charge in [-0.1, -0.05) is 23.7 Å². The van der Waals surface area contributed by atoms with Gasteiger partial charge in [-0.2, -0.15) is 0 Å². The zero-order valence-electron chi connectivity index (χ0n) is 10.3. The molecule has 2 aromatic rings. The lowest BCUT2D eigenvalue weighted by molar-refractivity contribution is -0.139. The molecule has 0 fully saturated rings. The molecule has 0 aliphatic rings. The smallest absolute Gasteiger partial charge is 0.331 e. The summed E-state index contributed by atoms with van der Waals surface area (Å²) >= 11 is 5.76. The lowest BCUT2D eigenvalue weighted by atomic mass is 10.2. The molecule has 1 aromatic carbocycles. The third-order valence-corrected chi connectivity index (χ3v) is 2.54. The van der Waals surface area contributed by atoms with E-state index >= 15 is 0 Å². The lowest BCUT2D eigenvalue weighted by Gasteiger charge is -1.97. The van der Waals surface area contributed by atoms with E-state index in [-0.39, 0.29) is 6.61 Å². The molecule has 0 saturated heterocycles. The number of carbonyl (C=O) groups excluding carboxylic acids is 1. The van der Waals surface area contributed by atoms with Crippen molar-refractivity contribution >= 4 is 23.6 Å². The first-order valence-electron chi connectivity index (χ1n) is 5.65. The molecule has 5 heteroatoms. The molecule has 0 aliphatic heterocycles. The van der Waals surface area contributed by atoms with Gasteiger partial charge in [0.05, 0.1) is 6.20 Å². The Bertz CT molecular complexity index is 587. The molecule has 0 amide bonds. The van der Waals surface area contributed by atoms with Crippen molar-refractivity contribution in [2.75, 3.05) is 0 Å². The first-order valence-corrected chi connectivity index (χ1v) is 6.03. The van der Waals surface area contributed by atoms with Crippen LogP contribution in [0, 0.1) is 6.92 Å². The molecule has 0 bridgehead atoms. The van der Waals surface area contributed by atoms with E-state index in [0.29, 0.717) is 16.7 Å². The largest absolute Gasteiger partial charge is 0.453 e. The summed E-state index contributed by atoms with van der Waals surface area (Å²) in [6, 6.07) is 7.12. The normalized spacial score (nSPS) is 10.8. The number of halogens is 1. The molecule has 2 rings (SSSR count). The Labute approximate surface area is 115 Å². The lowest BCUT2D eigenvalue weighted by Crippen LogP contribution is -2.00. The van der Waals surface area contributed by atoms with Gasteiger partial charge in [0.2, 0.25) is 5.89 Å². The van der Waals surface area contributed by atoms with Crippen molar-refractivity contribution < 1.29 is 13.9 Å². The first kappa shape index (κ1) is 13.4. The Morgan fingerprint density at radius 1 is 1.42 bits per heavy atom. The average Bonchev–Trinajstić information content (AvgIpc) is 2.81. The third kappa shape index (κ3) is 4.26. The summed E-state index contributed by atoms with van der Waals surface area (Å²) in [6.45, 7) is 1.80. The Hall–Kier alpha value is -2.07. The molecule has 4 nitrogen and oxygen atoms in total. The van der Waals surface area contributed by atoms with E-state index in [1.54, 1.807) is 31.3 Å². The molecule has 1 aromatic heterocycles. The van der Waals surface area contributed by atoms with Crippen LogP contribution < -0.4 is 0 Å². The summed E-state index contributed by atoms with van der Waals surface area (Å²) < 4.78 is 10.2. The van der Waals surface area contributed by atoms with Gasteiger partial charge >= 0.3 is 5.97 Å². The highest BCUT2D eigenvalue weighted by atomic mass is 35.5. The summed E-state index contributed by atoms with van der Waals surface area (Å²) in [5.74, 6) is 0.610. The second-order valence-corrected chi connectivity index (χ2v) is 4.29. The Morgan fingerprint density at radius 3 is 2.79 bits per heavy atom. The Kier molecular flexibility index (Phi) is 4.36. The molecule has 1 heterocycles. The van der Waals surface area contributed by atoms with Gasteiger partial charge in [-0.3, -0.25) is 0 Å². The maximum absolute atomic E-state index is 11.5. The van der Waals surface area contributed by atoms with Crippen LogP contribution in [0.5, 0.6) is 0 Å². The number of rotatable bonds is 4. The molecule has 19 heavy (non-hydrogen) atoms. The third-order valence-electron chi connectivity index (χ3n) is 2.29. The standard InChI is InChI=1S/C14H12ClNO3/c1-10-8-16-13(19-10)9-18-14(17)7-4-11-2-5-12(15)6-3-11/h2-8H,9H2,1H3/b7-4+. The van der Waals surface area contributed by atoms with Crippen LogP contribution >= 0.6 is 11.6 Å². The summed E-state index contributed by atoms with van der Waals surface area (Å²) in [5.41, 5.74) is 0.869. The fourth-order valence-electron chi connectivity index (χ4n) is 1.39. The van der Waals surface area contributed by atoms with Gasteiger partial charge in [0.15, 0.2) is 6.61 Å². The number of benzene rings is 1. The van der Waals surface area contributed by atoms with Gasteiger partial charge in [-0.15, -0.1) is 0 Å². The van der Waals surface area contributed by atoms with Crippen molar-refractivity contribution in [2.45, 2.75) is 13.5 Å². The van der Waals surface area contributed by atoms with E-state index in [0.717, 1.165) is 5.56 Å². The number of nitrogens with zero attached hydrogens (tertiary/aromatic N) is 1. The van der Waals surface area contributed by atoms with Gasteiger partial charge in [-0.25, -0.2) is 9.78 Å². The van der Waals surface area contributed by atoms with Gasteiger partial charge in [0.1, 0.15) is 5.76 Å². The topological polar surface area (TPSA) is 52.3 Å². The molecule has 0 atom stereocenters. The Morgan fingerprint density at radius 2 is 2.16 bits per heavy atom. The maximum Gasteiger partial charge on any atom is 0.331 e. The molecular formula is C14H12ClNO3. The molecule has 0 N–H and O–H groups in total.